The maximum atomic E-state index is 10.5. The highest BCUT2D eigenvalue weighted by molar-refractivity contribution is 5.54. The molecule has 0 saturated carbocycles. The molecular weight excluding hydrogens is 214 g/mol. The minimum Gasteiger partial charge on any atom is -0.399 e. The van der Waals surface area contributed by atoms with Gasteiger partial charge >= 0.3 is 0 Å². The number of benzene rings is 1. The second kappa shape index (κ2) is 5.19. The quantitative estimate of drug-likeness (QED) is 0.602. The Morgan fingerprint density at radius 1 is 1.47 bits per heavy atom. The van der Waals surface area contributed by atoms with Gasteiger partial charge in [-0.25, -0.2) is 0 Å². The molecule has 1 saturated heterocycles. The zero-order valence-electron chi connectivity index (χ0n) is 10.1. The van der Waals surface area contributed by atoms with Crippen molar-refractivity contribution in [1.82, 2.24) is 5.32 Å². The van der Waals surface area contributed by atoms with E-state index in [2.05, 4.69) is 17.3 Å². The summed E-state index contributed by atoms with van der Waals surface area (Å²) < 4.78 is 0. The monoisotopic (exact) mass is 233 g/mol. The Balaban J connectivity index is 1.99. The molecule has 1 fully saturated rings. The van der Waals surface area contributed by atoms with Crippen LogP contribution >= 0.6 is 0 Å². The van der Waals surface area contributed by atoms with Gasteiger partial charge in [0, 0.05) is 43.5 Å². The van der Waals surface area contributed by atoms with Crippen molar-refractivity contribution >= 4 is 17.7 Å². The molecule has 2 rings (SSSR count). The number of carbonyl (C=O) groups excluding carboxylic acids is 1. The Hall–Kier alpha value is -1.55. The number of aldehydes is 1. The van der Waals surface area contributed by atoms with Crippen LogP contribution in [0.4, 0.5) is 11.4 Å². The van der Waals surface area contributed by atoms with Crippen LogP contribution in [-0.4, -0.2) is 32.0 Å². The van der Waals surface area contributed by atoms with Gasteiger partial charge in [-0.1, -0.05) is 0 Å². The molecule has 1 aliphatic heterocycles. The van der Waals surface area contributed by atoms with Crippen LogP contribution in [0.2, 0.25) is 0 Å². The standard InChI is InChI=1S/C13H19N3O/c1-16(12-4-2-10(14)3-5-12)13-8-11(6-7-17)15-9-13/h2-5,7,11,13,15H,6,8-9,14H2,1H3. The third kappa shape index (κ3) is 2.77. The maximum absolute atomic E-state index is 10.5. The summed E-state index contributed by atoms with van der Waals surface area (Å²) in [5.41, 5.74) is 7.62. The Morgan fingerprint density at radius 2 is 2.18 bits per heavy atom. The average molecular weight is 233 g/mol. The minimum atomic E-state index is 0.328. The van der Waals surface area contributed by atoms with Gasteiger partial charge in [0.05, 0.1) is 0 Å². The Labute approximate surface area is 102 Å². The predicted octanol–water partition coefficient (Wildman–Crippen LogP) is 1.02. The van der Waals surface area contributed by atoms with E-state index in [4.69, 9.17) is 5.73 Å². The van der Waals surface area contributed by atoms with E-state index in [1.54, 1.807) is 0 Å². The van der Waals surface area contributed by atoms with Crippen LogP contribution in [0.25, 0.3) is 0 Å². The van der Waals surface area contributed by atoms with Crippen molar-refractivity contribution in [2.75, 3.05) is 24.2 Å². The summed E-state index contributed by atoms with van der Waals surface area (Å²) >= 11 is 0. The molecule has 0 spiro atoms. The molecule has 92 valence electrons. The lowest BCUT2D eigenvalue weighted by Crippen LogP contribution is -2.33. The molecule has 0 amide bonds. The summed E-state index contributed by atoms with van der Waals surface area (Å²) in [4.78, 5) is 12.7. The summed E-state index contributed by atoms with van der Waals surface area (Å²) in [6, 6.07) is 8.66. The summed E-state index contributed by atoms with van der Waals surface area (Å²) in [6.45, 7) is 0.930. The second-order valence-electron chi connectivity index (χ2n) is 4.60. The number of hydrogen-bond acceptors (Lipinski definition) is 4. The van der Waals surface area contributed by atoms with Crippen LogP contribution in [0.5, 0.6) is 0 Å². The Bertz CT molecular complexity index is 377. The van der Waals surface area contributed by atoms with Gasteiger partial charge in [-0.15, -0.1) is 0 Å². The van der Waals surface area contributed by atoms with Gasteiger partial charge in [-0.05, 0) is 30.7 Å². The fourth-order valence-corrected chi connectivity index (χ4v) is 2.31. The fourth-order valence-electron chi connectivity index (χ4n) is 2.31. The number of carbonyl (C=O) groups is 1. The molecule has 0 aliphatic carbocycles. The third-order valence-corrected chi connectivity index (χ3v) is 3.43. The fraction of sp³-hybridized carbons (Fsp3) is 0.462. The molecule has 4 heteroatoms. The van der Waals surface area contributed by atoms with Crippen molar-refractivity contribution in [1.29, 1.82) is 0 Å². The zero-order valence-corrected chi connectivity index (χ0v) is 10.1. The third-order valence-electron chi connectivity index (χ3n) is 3.43. The van der Waals surface area contributed by atoms with E-state index in [0.29, 0.717) is 18.5 Å². The lowest BCUT2D eigenvalue weighted by Gasteiger charge is -2.26. The second-order valence-corrected chi connectivity index (χ2v) is 4.60. The number of likely N-dealkylation sites (N-methyl/N-ethyl adjacent to an activating group) is 1. The van der Waals surface area contributed by atoms with Gasteiger partial charge in [-0.3, -0.25) is 0 Å². The number of rotatable bonds is 4. The van der Waals surface area contributed by atoms with Gasteiger partial charge in [0.1, 0.15) is 6.29 Å². The molecule has 1 aromatic carbocycles. The lowest BCUT2D eigenvalue weighted by molar-refractivity contribution is -0.108. The first-order chi connectivity index (χ1) is 8.20. The van der Waals surface area contributed by atoms with Crippen LogP contribution in [0.1, 0.15) is 12.8 Å². The highest BCUT2D eigenvalue weighted by Crippen LogP contribution is 2.22. The number of nitrogens with zero attached hydrogens (tertiary/aromatic N) is 1. The van der Waals surface area contributed by atoms with E-state index >= 15 is 0 Å². The van der Waals surface area contributed by atoms with E-state index in [1.165, 1.54) is 0 Å². The van der Waals surface area contributed by atoms with Crippen LogP contribution in [0.3, 0.4) is 0 Å². The topological polar surface area (TPSA) is 58.4 Å². The number of anilines is 2. The molecule has 2 unspecified atom stereocenters. The lowest BCUT2D eigenvalue weighted by atomic mass is 10.1. The first kappa shape index (κ1) is 11.9. The predicted molar refractivity (Wildman–Crippen MR) is 70.1 cm³/mol. The largest absolute Gasteiger partial charge is 0.399 e. The smallest absolute Gasteiger partial charge is 0.121 e. The first-order valence-corrected chi connectivity index (χ1v) is 5.96. The maximum Gasteiger partial charge on any atom is 0.121 e. The molecule has 0 aromatic heterocycles. The van der Waals surface area contributed by atoms with Gasteiger partial charge < -0.3 is 20.7 Å². The van der Waals surface area contributed by atoms with E-state index in [9.17, 15) is 4.79 Å². The summed E-state index contributed by atoms with van der Waals surface area (Å²) in [5, 5.41) is 3.37. The van der Waals surface area contributed by atoms with Crippen molar-refractivity contribution in [2.45, 2.75) is 24.9 Å². The van der Waals surface area contributed by atoms with Crippen molar-refractivity contribution in [2.24, 2.45) is 0 Å². The van der Waals surface area contributed by atoms with Gasteiger partial charge in [0.15, 0.2) is 0 Å². The molecule has 2 atom stereocenters. The molecule has 4 nitrogen and oxygen atoms in total. The van der Waals surface area contributed by atoms with Crippen molar-refractivity contribution in [3.63, 3.8) is 0 Å². The number of nitrogens with two attached hydrogens (primary N) is 1. The molecule has 3 N–H and O–H groups in total. The average Bonchev–Trinajstić information content (AvgIpc) is 2.78. The molecule has 1 heterocycles. The van der Waals surface area contributed by atoms with Crippen molar-refractivity contribution in [3.05, 3.63) is 24.3 Å². The normalized spacial score (nSPS) is 23.6. The van der Waals surface area contributed by atoms with Gasteiger partial charge in [-0.2, -0.15) is 0 Å². The van der Waals surface area contributed by atoms with Crippen LogP contribution in [-0.2, 0) is 4.79 Å². The molecule has 17 heavy (non-hydrogen) atoms. The van der Waals surface area contributed by atoms with Crippen LogP contribution in [0, 0.1) is 0 Å². The van der Waals surface area contributed by atoms with E-state index in [0.717, 1.165) is 30.6 Å². The van der Waals surface area contributed by atoms with Crippen molar-refractivity contribution in [3.8, 4) is 0 Å². The number of nitrogens with one attached hydrogen (secondary N) is 1. The Kier molecular flexibility index (Phi) is 3.64. The highest BCUT2D eigenvalue weighted by Gasteiger charge is 2.26. The van der Waals surface area contributed by atoms with E-state index in [-0.39, 0.29) is 0 Å². The summed E-state index contributed by atoms with van der Waals surface area (Å²) in [6.07, 6.45) is 2.61. The first-order valence-electron chi connectivity index (χ1n) is 5.96. The molecule has 0 radical (unpaired) electrons. The van der Waals surface area contributed by atoms with E-state index < -0.39 is 0 Å². The van der Waals surface area contributed by atoms with Gasteiger partial charge in [0.2, 0.25) is 0 Å². The molecule has 1 aliphatic rings. The SMILES string of the molecule is CN(c1ccc(N)cc1)C1CNC(CC=O)C1. The summed E-state index contributed by atoms with van der Waals surface area (Å²) in [5.74, 6) is 0. The zero-order chi connectivity index (χ0) is 12.3. The van der Waals surface area contributed by atoms with Crippen molar-refractivity contribution < 1.29 is 4.79 Å². The molecule has 1 aromatic rings. The van der Waals surface area contributed by atoms with Crippen LogP contribution in [0.15, 0.2) is 24.3 Å². The minimum absolute atomic E-state index is 0.328. The molecule has 0 bridgehead atoms. The van der Waals surface area contributed by atoms with Gasteiger partial charge in [0.25, 0.3) is 0 Å². The highest BCUT2D eigenvalue weighted by atomic mass is 16.1. The Morgan fingerprint density at radius 3 is 2.82 bits per heavy atom. The summed E-state index contributed by atoms with van der Waals surface area (Å²) in [7, 11) is 2.08. The number of hydrogen-bond donors (Lipinski definition) is 2. The van der Waals surface area contributed by atoms with E-state index in [1.807, 2.05) is 24.3 Å². The van der Waals surface area contributed by atoms with Crippen LogP contribution < -0.4 is 16.0 Å². The molecular formula is C13H19N3O. The number of nitrogen functional groups attached to an aromatic ring is 1.